The highest BCUT2D eigenvalue weighted by Gasteiger charge is 2.34. The Hall–Kier alpha value is -1.95. The first kappa shape index (κ1) is 11.8. The fraction of sp³-hybridized carbons (Fsp3) is 0.500. The van der Waals surface area contributed by atoms with Crippen molar-refractivity contribution in [1.29, 1.82) is 0 Å². The van der Waals surface area contributed by atoms with E-state index in [0.717, 1.165) is 17.2 Å². The Labute approximate surface area is 117 Å². The van der Waals surface area contributed by atoms with Crippen molar-refractivity contribution >= 4 is 5.69 Å². The molecule has 1 aromatic heterocycles. The van der Waals surface area contributed by atoms with Gasteiger partial charge < -0.3 is 10.2 Å². The van der Waals surface area contributed by atoms with Gasteiger partial charge in [-0.15, -0.1) is 10.2 Å². The standard InChI is InChI=1S/C14H18N6/c1-2-10(14-16-18-19-17-14)8-12(3-1)15-13-5-7-20-6-4-11(13)9-20/h1-3,8,11,13,15H,4-7,9H2,(H,16,17,18,19). The van der Waals surface area contributed by atoms with E-state index in [9.17, 15) is 0 Å². The maximum Gasteiger partial charge on any atom is 0.204 e. The topological polar surface area (TPSA) is 69.7 Å². The zero-order valence-electron chi connectivity index (χ0n) is 11.3. The van der Waals surface area contributed by atoms with E-state index in [0.29, 0.717) is 11.9 Å². The smallest absolute Gasteiger partial charge is 0.204 e. The summed E-state index contributed by atoms with van der Waals surface area (Å²) in [6.45, 7) is 3.74. The second kappa shape index (κ2) is 4.86. The largest absolute Gasteiger partial charge is 0.382 e. The van der Waals surface area contributed by atoms with Crippen molar-refractivity contribution in [2.45, 2.75) is 18.9 Å². The van der Waals surface area contributed by atoms with Gasteiger partial charge in [-0.3, -0.25) is 0 Å². The number of fused-ring (bicyclic) bond motifs is 2. The number of aromatic nitrogens is 4. The van der Waals surface area contributed by atoms with Gasteiger partial charge in [0.1, 0.15) is 0 Å². The van der Waals surface area contributed by atoms with Gasteiger partial charge in [-0.05, 0) is 42.7 Å². The van der Waals surface area contributed by atoms with Crippen LogP contribution in [0.2, 0.25) is 0 Å². The first-order valence-electron chi connectivity index (χ1n) is 7.21. The zero-order chi connectivity index (χ0) is 13.4. The van der Waals surface area contributed by atoms with E-state index in [1.165, 1.54) is 32.5 Å². The summed E-state index contributed by atoms with van der Waals surface area (Å²) < 4.78 is 0. The van der Waals surface area contributed by atoms with Gasteiger partial charge in [-0.2, -0.15) is 5.21 Å². The third-order valence-electron chi connectivity index (χ3n) is 4.45. The molecule has 2 aromatic rings. The fourth-order valence-corrected chi connectivity index (χ4v) is 3.39. The number of benzene rings is 1. The molecule has 6 heteroatoms. The molecule has 2 bridgehead atoms. The molecule has 3 heterocycles. The second-order valence-corrected chi connectivity index (χ2v) is 5.71. The molecule has 0 amide bonds. The van der Waals surface area contributed by atoms with Crippen molar-refractivity contribution in [3.63, 3.8) is 0 Å². The lowest BCUT2D eigenvalue weighted by molar-refractivity contribution is 0.255. The van der Waals surface area contributed by atoms with Gasteiger partial charge in [0, 0.05) is 30.4 Å². The normalized spacial score (nSPS) is 28.5. The monoisotopic (exact) mass is 270 g/mol. The number of rotatable bonds is 3. The van der Waals surface area contributed by atoms with Gasteiger partial charge in [-0.25, -0.2) is 0 Å². The molecule has 0 spiro atoms. The Balaban J connectivity index is 1.52. The van der Waals surface area contributed by atoms with E-state index in [4.69, 9.17) is 0 Å². The highest BCUT2D eigenvalue weighted by molar-refractivity contribution is 5.62. The van der Waals surface area contributed by atoms with E-state index < -0.39 is 0 Å². The van der Waals surface area contributed by atoms with Crippen LogP contribution in [0.5, 0.6) is 0 Å². The summed E-state index contributed by atoms with van der Waals surface area (Å²) in [6.07, 6.45) is 2.55. The molecule has 0 saturated carbocycles. The van der Waals surface area contributed by atoms with E-state index in [1.807, 2.05) is 12.1 Å². The van der Waals surface area contributed by atoms with Gasteiger partial charge in [0.2, 0.25) is 5.82 Å². The molecule has 4 rings (SSSR count). The highest BCUT2D eigenvalue weighted by atomic mass is 15.5. The summed E-state index contributed by atoms with van der Waals surface area (Å²) in [5.41, 5.74) is 2.14. The number of nitrogens with one attached hydrogen (secondary N) is 2. The molecule has 0 aliphatic carbocycles. The molecule has 3 unspecified atom stereocenters. The van der Waals surface area contributed by atoms with E-state index in [1.54, 1.807) is 0 Å². The Morgan fingerprint density at radius 1 is 1.25 bits per heavy atom. The Bertz CT molecular complexity index is 581. The number of aromatic amines is 1. The van der Waals surface area contributed by atoms with Crippen LogP contribution in [-0.2, 0) is 0 Å². The van der Waals surface area contributed by atoms with Crippen molar-refractivity contribution in [3.8, 4) is 11.4 Å². The molecular weight excluding hydrogens is 252 g/mol. The molecule has 20 heavy (non-hydrogen) atoms. The predicted molar refractivity (Wildman–Crippen MR) is 76.2 cm³/mol. The summed E-state index contributed by atoms with van der Waals surface area (Å²) in [5.74, 6) is 1.43. The van der Waals surface area contributed by atoms with Crippen LogP contribution in [-0.4, -0.2) is 51.2 Å². The van der Waals surface area contributed by atoms with E-state index in [2.05, 4.69) is 43.0 Å². The lowest BCUT2D eigenvalue weighted by Crippen LogP contribution is -2.39. The van der Waals surface area contributed by atoms with Crippen LogP contribution in [0.3, 0.4) is 0 Å². The third kappa shape index (κ3) is 2.16. The average molecular weight is 270 g/mol. The minimum atomic E-state index is 0.592. The maximum atomic E-state index is 4.03. The van der Waals surface area contributed by atoms with Gasteiger partial charge in [0.05, 0.1) is 0 Å². The average Bonchev–Trinajstić information content (AvgIpc) is 3.13. The van der Waals surface area contributed by atoms with Crippen molar-refractivity contribution < 1.29 is 0 Å². The molecule has 104 valence electrons. The number of hydrogen-bond acceptors (Lipinski definition) is 5. The third-order valence-corrected chi connectivity index (χ3v) is 4.45. The number of piperidine rings is 1. The van der Waals surface area contributed by atoms with Gasteiger partial charge in [-0.1, -0.05) is 12.1 Å². The molecular formula is C14H18N6. The Morgan fingerprint density at radius 2 is 2.20 bits per heavy atom. The van der Waals surface area contributed by atoms with Gasteiger partial charge in [0.15, 0.2) is 0 Å². The van der Waals surface area contributed by atoms with Crippen molar-refractivity contribution in [1.82, 2.24) is 25.5 Å². The molecule has 3 atom stereocenters. The SMILES string of the molecule is c1cc(NC2CCN3CCC2C3)cc(-c2nn[nH]n2)c1. The summed E-state index contributed by atoms with van der Waals surface area (Å²) in [6, 6.07) is 8.86. The van der Waals surface area contributed by atoms with E-state index >= 15 is 0 Å². The number of tetrazole rings is 1. The summed E-state index contributed by atoms with van der Waals surface area (Å²) in [7, 11) is 0. The van der Waals surface area contributed by atoms with Gasteiger partial charge >= 0.3 is 0 Å². The Morgan fingerprint density at radius 3 is 3.10 bits per heavy atom. The molecule has 0 radical (unpaired) electrons. The zero-order valence-corrected chi connectivity index (χ0v) is 11.3. The number of H-pyrrole nitrogens is 1. The second-order valence-electron chi connectivity index (χ2n) is 5.71. The van der Waals surface area contributed by atoms with Crippen LogP contribution in [0, 0.1) is 5.92 Å². The van der Waals surface area contributed by atoms with Crippen LogP contribution >= 0.6 is 0 Å². The van der Waals surface area contributed by atoms with Crippen LogP contribution in [0.25, 0.3) is 11.4 Å². The molecule has 2 fully saturated rings. The van der Waals surface area contributed by atoms with Gasteiger partial charge in [0.25, 0.3) is 0 Å². The highest BCUT2D eigenvalue weighted by Crippen LogP contribution is 2.30. The first-order valence-corrected chi connectivity index (χ1v) is 7.21. The minimum Gasteiger partial charge on any atom is -0.382 e. The Kier molecular flexibility index (Phi) is 2.88. The minimum absolute atomic E-state index is 0.592. The quantitative estimate of drug-likeness (QED) is 0.881. The molecule has 2 saturated heterocycles. The predicted octanol–water partition coefficient (Wildman–Crippen LogP) is 1.37. The molecule has 6 nitrogen and oxygen atoms in total. The summed E-state index contributed by atoms with van der Waals surface area (Å²) in [5, 5.41) is 17.9. The molecule has 2 aliphatic rings. The van der Waals surface area contributed by atoms with Crippen molar-refractivity contribution in [2.75, 3.05) is 25.0 Å². The number of anilines is 1. The van der Waals surface area contributed by atoms with Crippen LogP contribution < -0.4 is 5.32 Å². The van der Waals surface area contributed by atoms with Crippen LogP contribution in [0.15, 0.2) is 24.3 Å². The molecule has 1 aromatic carbocycles. The fourth-order valence-electron chi connectivity index (χ4n) is 3.39. The number of nitrogens with zero attached hydrogens (tertiary/aromatic N) is 4. The van der Waals surface area contributed by atoms with Crippen LogP contribution in [0.4, 0.5) is 5.69 Å². The van der Waals surface area contributed by atoms with Crippen molar-refractivity contribution in [3.05, 3.63) is 24.3 Å². The van der Waals surface area contributed by atoms with E-state index in [-0.39, 0.29) is 0 Å². The lowest BCUT2D eigenvalue weighted by Gasteiger charge is -2.31. The molecule has 2 N–H and O–H groups in total. The van der Waals surface area contributed by atoms with Crippen molar-refractivity contribution in [2.24, 2.45) is 5.92 Å². The lowest BCUT2D eigenvalue weighted by atomic mass is 9.94. The first-order chi connectivity index (χ1) is 9.88. The number of hydrogen-bond donors (Lipinski definition) is 2. The summed E-state index contributed by atoms with van der Waals surface area (Å²) >= 11 is 0. The van der Waals surface area contributed by atoms with Crippen LogP contribution in [0.1, 0.15) is 12.8 Å². The molecule has 2 aliphatic heterocycles. The summed E-state index contributed by atoms with van der Waals surface area (Å²) in [4.78, 5) is 2.57. The maximum absolute atomic E-state index is 4.03.